The summed E-state index contributed by atoms with van der Waals surface area (Å²) in [5.74, 6) is -1.07. The fourth-order valence-corrected chi connectivity index (χ4v) is 1.10. The normalized spacial score (nSPS) is 11.7. The zero-order valence-electron chi connectivity index (χ0n) is 9.59. The minimum atomic E-state index is -1.07. The maximum absolute atomic E-state index is 11.8. The van der Waals surface area contributed by atoms with Crippen molar-refractivity contribution in [1.82, 2.24) is 9.80 Å². The van der Waals surface area contributed by atoms with Crippen LogP contribution < -0.4 is 0 Å². The molecule has 0 radical (unpaired) electrons. The van der Waals surface area contributed by atoms with Gasteiger partial charge in [0.1, 0.15) is 6.04 Å². The molecule has 16 heavy (non-hydrogen) atoms. The zero-order chi connectivity index (χ0) is 12.7. The van der Waals surface area contributed by atoms with Gasteiger partial charge in [0.05, 0.1) is 6.61 Å². The number of carbonyl (C=O) groups is 2. The molecule has 2 N–H and O–H groups in total. The van der Waals surface area contributed by atoms with Crippen LogP contribution in [0.5, 0.6) is 0 Å². The van der Waals surface area contributed by atoms with Gasteiger partial charge in [-0.25, -0.2) is 9.59 Å². The number of aliphatic hydroxyl groups is 1. The van der Waals surface area contributed by atoms with E-state index in [4.69, 9.17) is 10.2 Å². The number of urea groups is 1. The van der Waals surface area contributed by atoms with Crippen LogP contribution in [-0.2, 0) is 4.79 Å². The summed E-state index contributed by atoms with van der Waals surface area (Å²) in [6, 6.07) is -1.35. The average Bonchev–Trinajstić information content (AvgIpc) is 2.25. The number of likely N-dealkylation sites (N-methyl/N-ethyl adjacent to an activating group) is 1. The van der Waals surface area contributed by atoms with E-state index >= 15 is 0 Å². The van der Waals surface area contributed by atoms with Crippen molar-refractivity contribution >= 4 is 12.0 Å². The molecule has 0 aromatic heterocycles. The van der Waals surface area contributed by atoms with E-state index in [1.807, 2.05) is 0 Å². The van der Waals surface area contributed by atoms with E-state index in [-0.39, 0.29) is 19.7 Å². The molecule has 92 valence electrons. The molecule has 0 bridgehead atoms. The summed E-state index contributed by atoms with van der Waals surface area (Å²) in [4.78, 5) is 24.9. The molecule has 0 aliphatic heterocycles. The van der Waals surface area contributed by atoms with Crippen molar-refractivity contribution in [3.05, 3.63) is 12.7 Å². The SMILES string of the molecule is C=CCN(CCO)C(=O)N(C)C(C)C(=O)O. The number of hydrogen-bond acceptors (Lipinski definition) is 3. The predicted octanol–water partition coefficient (Wildman–Crippen LogP) is -0.00840. The van der Waals surface area contributed by atoms with Gasteiger partial charge in [-0.2, -0.15) is 0 Å². The molecule has 0 saturated heterocycles. The van der Waals surface area contributed by atoms with Crippen LogP contribution in [0.25, 0.3) is 0 Å². The van der Waals surface area contributed by atoms with Crippen LogP contribution in [0.4, 0.5) is 4.79 Å². The topological polar surface area (TPSA) is 81.1 Å². The average molecular weight is 230 g/mol. The van der Waals surface area contributed by atoms with Gasteiger partial charge in [-0.05, 0) is 6.92 Å². The summed E-state index contributed by atoms with van der Waals surface area (Å²) in [7, 11) is 1.41. The second-order valence-electron chi connectivity index (χ2n) is 3.37. The molecule has 0 saturated carbocycles. The lowest BCUT2D eigenvalue weighted by atomic mass is 10.3. The highest BCUT2D eigenvalue weighted by Gasteiger charge is 2.24. The summed E-state index contributed by atoms with van der Waals surface area (Å²) >= 11 is 0. The Labute approximate surface area is 94.8 Å². The summed E-state index contributed by atoms with van der Waals surface area (Å²) in [5, 5.41) is 17.5. The van der Waals surface area contributed by atoms with Crippen molar-refractivity contribution in [2.45, 2.75) is 13.0 Å². The Hall–Kier alpha value is -1.56. The number of aliphatic hydroxyl groups excluding tert-OH is 1. The van der Waals surface area contributed by atoms with Gasteiger partial charge in [0.2, 0.25) is 0 Å². The number of nitrogens with zero attached hydrogens (tertiary/aromatic N) is 2. The minimum absolute atomic E-state index is 0.154. The maximum Gasteiger partial charge on any atom is 0.326 e. The van der Waals surface area contributed by atoms with Gasteiger partial charge < -0.3 is 20.0 Å². The molecule has 0 rings (SSSR count). The Kier molecular flexibility index (Phi) is 6.17. The molecule has 1 unspecified atom stereocenters. The van der Waals surface area contributed by atoms with Gasteiger partial charge in [-0.15, -0.1) is 6.58 Å². The number of amides is 2. The van der Waals surface area contributed by atoms with Crippen molar-refractivity contribution in [3.63, 3.8) is 0 Å². The first-order valence-corrected chi connectivity index (χ1v) is 4.92. The molecular formula is C10H18N2O4. The van der Waals surface area contributed by atoms with Crippen LogP contribution in [0, 0.1) is 0 Å². The number of hydrogen-bond donors (Lipinski definition) is 2. The lowest BCUT2D eigenvalue weighted by molar-refractivity contribution is -0.141. The van der Waals surface area contributed by atoms with Gasteiger partial charge in [0, 0.05) is 20.1 Å². The molecule has 0 aliphatic carbocycles. The molecule has 6 heteroatoms. The Morgan fingerprint density at radius 3 is 2.44 bits per heavy atom. The molecule has 2 amide bonds. The number of rotatable bonds is 6. The summed E-state index contributed by atoms with van der Waals surface area (Å²) in [6.45, 7) is 5.17. The zero-order valence-corrected chi connectivity index (χ0v) is 9.59. The van der Waals surface area contributed by atoms with Crippen molar-refractivity contribution in [2.75, 3.05) is 26.7 Å². The van der Waals surface area contributed by atoms with Crippen LogP contribution in [0.15, 0.2) is 12.7 Å². The summed E-state index contributed by atoms with van der Waals surface area (Å²) < 4.78 is 0. The van der Waals surface area contributed by atoms with E-state index in [9.17, 15) is 9.59 Å². The molecule has 6 nitrogen and oxygen atoms in total. The second-order valence-corrected chi connectivity index (χ2v) is 3.37. The second kappa shape index (κ2) is 6.84. The van der Waals surface area contributed by atoms with Crippen molar-refractivity contribution in [3.8, 4) is 0 Å². The van der Waals surface area contributed by atoms with Crippen LogP contribution in [0.1, 0.15) is 6.92 Å². The molecule has 0 fully saturated rings. The first-order valence-electron chi connectivity index (χ1n) is 4.92. The molecule has 0 aromatic rings. The Bertz CT molecular complexity index is 264. The van der Waals surface area contributed by atoms with E-state index in [1.54, 1.807) is 0 Å². The highest BCUT2D eigenvalue weighted by molar-refractivity contribution is 5.82. The number of aliphatic carboxylic acids is 1. The lowest BCUT2D eigenvalue weighted by Gasteiger charge is -2.29. The summed E-state index contributed by atoms with van der Waals surface area (Å²) in [5.41, 5.74) is 0. The highest BCUT2D eigenvalue weighted by Crippen LogP contribution is 2.02. The van der Waals surface area contributed by atoms with Crippen molar-refractivity contribution in [1.29, 1.82) is 0 Å². The van der Waals surface area contributed by atoms with E-state index < -0.39 is 18.0 Å². The monoisotopic (exact) mass is 230 g/mol. The third kappa shape index (κ3) is 3.90. The fraction of sp³-hybridized carbons (Fsp3) is 0.600. The van der Waals surface area contributed by atoms with E-state index in [1.165, 1.54) is 24.9 Å². The van der Waals surface area contributed by atoms with Gasteiger partial charge in [0.15, 0.2) is 0 Å². The quantitative estimate of drug-likeness (QED) is 0.629. The molecular weight excluding hydrogens is 212 g/mol. The fourth-order valence-electron chi connectivity index (χ4n) is 1.10. The van der Waals surface area contributed by atoms with E-state index in [0.717, 1.165) is 4.90 Å². The third-order valence-corrected chi connectivity index (χ3v) is 2.23. The van der Waals surface area contributed by atoms with Crippen LogP contribution in [-0.4, -0.2) is 64.8 Å². The molecule has 0 spiro atoms. The lowest BCUT2D eigenvalue weighted by Crippen LogP contribution is -2.48. The van der Waals surface area contributed by atoms with Crippen LogP contribution in [0.2, 0.25) is 0 Å². The number of carboxylic acids is 1. The van der Waals surface area contributed by atoms with Gasteiger partial charge in [-0.1, -0.05) is 6.08 Å². The third-order valence-electron chi connectivity index (χ3n) is 2.23. The van der Waals surface area contributed by atoms with Crippen molar-refractivity contribution in [2.24, 2.45) is 0 Å². The van der Waals surface area contributed by atoms with Crippen molar-refractivity contribution < 1.29 is 19.8 Å². The standard InChI is InChI=1S/C10H18N2O4/c1-4-5-12(6-7-13)10(16)11(3)8(2)9(14)15/h4,8,13H,1,5-7H2,2-3H3,(H,14,15). The number of carbonyl (C=O) groups excluding carboxylic acids is 1. The largest absolute Gasteiger partial charge is 0.480 e. The summed E-state index contributed by atoms with van der Waals surface area (Å²) in [6.07, 6.45) is 1.52. The number of carboxylic acid groups (broad SMARTS) is 1. The first kappa shape index (κ1) is 14.4. The first-order chi connectivity index (χ1) is 7.45. The van der Waals surface area contributed by atoms with E-state index in [2.05, 4.69) is 6.58 Å². The smallest absolute Gasteiger partial charge is 0.326 e. The van der Waals surface area contributed by atoms with Crippen LogP contribution in [0.3, 0.4) is 0 Å². The Morgan fingerprint density at radius 1 is 1.50 bits per heavy atom. The maximum atomic E-state index is 11.8. The molecule has 0 heterocycles. The predicted molar refractivity (Wildman–Crippen MR) is 59.1 cm³/mol. The van der Waals surface area contributed by atoms with Gasteiger partial charge in [0.25, 0.3) is 0 Å². The molecule has 1 atom stereocenters. The molecule has 0 aliphatic rings. The highest BCUT2D eigenvalue weighted by atomic mass is 16.4. The minimum Gasteiger partial charge on any atom is -0.480 e. The Morgan fingerprint density at radius 2 is 2.06 bits per heavy atom. The Balaban J connectivity index is 4.58. The van der Waals surface area contributed by atoms with Crippen LogP contribution >= 0.6 is 0 Å². The van der Waals surface area contributed by atoms with E-state index in [0.29, 0.717) is 0 Å². The van der Waals surface area contributed by atoms with Gasteiger partial charge in [-0.3, -0.25) is 0 Å². The molecule has 0 aromatic carbocycles. The van der Waals surface area contributed by atoms with Gasteiger partial charge >= 0.3 is 12.0 Å².